The molecule has 27 heavy (non-hydrogen) atoms. The lowest BCUT2D eigenvalue weighted by molar-refractivity contribution is 0.0955. The Labute approximate surface area is 159 Å². The maximum absolute atomic E-state index is 12.5. The lowest BCUT2D eigenvalue weighted by Gasteiger charge is -2.04. The van der Waals surface area contributed by atoms with E-state index in [0.717, 1.165) is 21.7 Å². The first-order chi connectivity index (χ1) is 13.1. The summed E-state index contributed by atoms with van der Waals surface area (Å²) >= 11 is 1.42. The van der Waals surface area contributed by atoms with Crippen molar-refractivity contribution < 1.29 is 9.90 Å². The molecule has 1 atom stereocenters. The van der Waals surface area contributed by atoms with Gasteiger partial charge in [-0.25, -0.2) is 4.98 Å². The Morgan fingerprint density at radius 2 is 2.22 bits per heavy atom. The third-order valence-electron chi connectivity index (χ3n) is 4.11. The van der Waals surface area contributed by atoms with Gasteiger partial charge < -0.3 is 14.8 Å². The summed E-state index contributed by atoms with van der Waals surface area (Å²) in [6.45, 7) is 2.61. The molecular weight excluding hydrogens is 362 g/mol. The molecule has 0 aliphatic carbocycles. The molecule has 8 heteroatoms. The topological polar surface area (TPSA) is 84.5 Å². The van der Waals surface area contributed by atoms with Crippen molar-refractivity contribution in [2.45, 2.75) is 26.1 Å². The van der Waals surface area contributed by atoms with Gasteiger partial charge in [-0.3, -0.25) is 9.48 Å². The van der Waals surface area contributed by atoms with Crippen LogP contribution in [0.15, 0.2) is 55.2 Å². The van der Waals surface area contributed by atoms with Gasteiger partial charge >= 0.3 is 0 Å². The number of nitrogens with one attached hydrogen (secondary N) is 1. The predicted molar refractivity (Wildman–Crippen MR) is 104 cm³/mol. The van der Waals surface area contributed by atoms with Crippen molar-refractivity contribution in [3.8, 4) is 10.4 Å². The van der Waals surface area contributed by atoms with Gasteiger partial charge in [0.25, 0.3) is 5.91 Å². The SMILES string of the molecule is C[C@@H](O)Cn1cc(-c2ccc(C(=O)NCc3ccn4ccnc4c3)s2)cn1. The van der Waals surface area contributed by atoms with Gasteiger partial charge in [-0.05, 0) is 36.8 Å². The van der Waals surface area contributed by atoms with E-state index in [1.807, 2.05) is 47.3 Å². The normalized spacial score (nSPS) is 12.4. The lowest BCUT2D eigenvalue weighted by atomic mass is 10.2. The van der Waals surface area contributed by atoms with Crippen molar-refractivity contribution in [3.05, 3.63) is 65.7 Å². The van der Waals surface area contributed by atoms with Crippen LogP contribution in [0.3, 0.4) is 0 Å². The Bertz CT molecular complexity index is 1080. The molecule has 0 fully saturated rings. The number of aromatic nitrogens is 4. The minimum atomic E-state index is -0.455. The maximum Gasteiger partial charge on any atom is 0.261 e. The molecule has 0 spiro atoms. The first kappa shape index (κ1) is 17.4. The Morgan fingerprint density at radius 3 is 3.07 bits per heavy atom. The Hall–Kier alpha value is -2.97. The van der Waals surface area contributed by atoms with Gasteiger partial charge in [0, 0.05) is 41.8 Å². The van der Waals surface area contributed by atoms with Crippen molar-refractivity contribution >= 4 is 22.9 Å². The molecule has 0 aliphatic heterocycles. The van der Waals surface area contributed by atoms with Crippen LogP contribution >= 0.6 is 11.3 Å². The average Bonchev–Trinajstić information content (AvgIpc) is 3.38. The molecule has 0 unspecified atom stereocenters. The standard InChI is InChI=1S/C19H19N5O2S/c1-13(25)11-24-12-15(10-22-24)16-2-3-17(27-16)19(26)21-9-14-4-6-23-7-5-20-18(23)8-14/h2-8,10,12-13,25H,9,11H2,1H3,(H,21,26)/t13-/m1/s1. The van der Waals surface area contributed by atoms with E-state index in [0.29, 0.717) is 18.0 Å². The number of imidazole rings is 1. The maximum atomic E-state index is 12.5. The second-order valence-corrected chi connectivity index (χ2v) is 7.46. The molecule has 4 heterocycles. The van der Waals surface area contributed by atoms with E-state index in [1.54, 1.807) is 24.0 Å². The lowest BCUT2D eigenvalue weighted by Crippen LogP contribution is -2.21. The molecule has 138 valence electrons. The number of aliphatic hydroxyl groups excluding tert-OH is 1. The fourth-order valence-electron chi connectivity index (χ4n) is 2.81. The summed E-state index contributed by atoms with van der Waals surface area (Å²) in [5, 5.41) is 16.6. The van der Waals surface area contributed by atoms with Crippen LogP contribution in [0.1, 0.15) is 22.2 Å². The minimum absolute atomic E-state index is 0.106. The summed E-state index contributed by atoms with van der Waals surface area (Å²) in [6, 6.07) is 7.65. The number of carbonyl (C=O) groups is 1. The highest BCUT2D eigenvalue weighted by Gasteiger charge is 2.12. The molecule has 2 N–H and O–H groups in total. The van der Waals surface area contributed by atoms with Crippen LogP contribution in [0.25, 0.3) is 16.1 Å². The smallest absolute Gasteiger partial charge is 0.261 e. The summed E-state index contributed by atoms with van der Waals surface area (Å²) in [5.41, 5.74) is 2.79. The molecule has 0 aliphatic rings. The van der Waals surface area contributed by atoms with Gasteiger partial charge in [0.2, 0.25) is 0 Å². The van der Waals surface area contributed by atoms with Crippen molar-refractivity contribution in [1.29, 1.82) is 0 Å². The molecule has 0 bridgehead atoms. The van der Waals surface area contributed by atoms with Crippen LogP contribution in [-0.2, 0) is 13.1 Å². The Kier molecular flexibility index (Phi) is 4.74. The van der Waals surface area contributed by atoms with E-state index in [1.165, 1.54) is 11.3 Å². The monoisotopic (exact) mass is 381 g/mol. The number of hydrogen-bond acceptors (Lipinski definition) is 5. The minimum Gasteiger partial charge on any atom is -0.391 e. The molecule has 0 saturated heterocycles. The molecule has 4 aromatic heterocycles. The number of aliphatic hydroxyl groups is 1. The second-order valence-electron chi connectivity index (χ2n) is 6.37. The zero-order valence-corrected chi connectivity index (χ0v) is 15.6. The van der Waals surface area contributed by atoms with Gasteiger partial charge in [0.05, 0.1) is 23.7 Å². The number of nitrogens with zero attached hydrogens (tertiary/aromatic N) is 4. The quantitative estimate of drug-likeness (QED) is 0.538. The number of amides is 1. The van der Waals surface area contributed by atoms with E-state index in [4.69, 9.17) is 0 Å². The summed E-state index contributed by atoms with van der Waals surface area (Å²) < 4.78 is 3.62. The molecule has 1 amide bonds. The van der Waals surface area contributed by atoms with E-state index in [-0.39, 0.29) is 5.91 Å². The van der Waals surface area contributed by atoms with Crippen molar-refractivity contribution in [1.82, 2.24) is 24.5 Å². The summed E-state index contributed by atoms with van der Waals surface area (Å²) in [6.07, 6.45) is 8.72. The third kappa shape index (κ3) is 3.91. The van der Waals surface area contributed by atoms with Crippen LogP contribution in [-0.4, -0.2) is 36.3 Å². The van der Waals surface area contributed by atoms with E-state index in [9.17, 15) is 9.90 Å². The molecule has 4 rings (SSSR count). The van der Waals surface area contributed by atoms with E-state index < -0.39 is 6.10 Å². The first-order valence-corrected chi connectivity index (χ1v) is 9.40. The van der Waals surface area contributed by atoms with Crippen LogP contribution in [0.4, 0.5) is 0 Å². The number of fused-ring (bicyclic) bond motifs is 1. The highest BCUT2D eigenvalue weighted by Crippen LogP contribution is 2.27. The highest BCUT2D eigenvalue weighted by molar-refractivity contribution is 7.17. The van der Waals surface area contributed by atoms with E-state index >= 15 is 0 Å². The Balaban J connectivity index is 1.41. The summed E-state index contributed by atoms with van der Waals surface area (Å²) in [4.78, 5) is 18.3. The fourth-order valence-corrected chi connectivity index (χ4v) is 3.71. The molecule has 4 aromatic rings. The number of pyridine rings is 1. The zero-order chi connectivity index (χ0) is 18.8. The first-order valence-electron chi connectivity index (χ1n) is 8.59. The summed E-state index contributed by atoms with van der Waals surface area (Å²) in [5.74, 6) is -0.106. The number of rotatable bonds is 6. The third-order valence-corrected chi connectivity index (χ3v) is 5.25. The van der Waals surface area contributed by atoms with Crippen molar-refractivity contribution in [3.63, 3.8) is 0 Å². The van der Waals surface area contributed by atoms with Gasteiger partial charge in [0.15, 0.2) is 0 Å². The fraction of sp³-hybridized carbons (Fsp3) is 0.211. The van der Waals surface area contributed by atoms with Crippen LogP contribution < -0.4 is 5.32 Å². The van der Waals surface area contributed by atoms with Gasteiger partial charge in [-0.2, -0.15) is 5.10 Å². The van der Waals surface area contributed by atoms with Crippen molar-refractivity contribution in [2.24, 2.45) is 0 Å². The molecule has 7 nitrogen and oxygen atoms in total. The molecule has 0 aromatic carbocycles. The molecule has 0 saturated carbocycles. The van der Waals surface area contributed by atoms with Gasteiger partial charge in [-0.15, -0.1) is 11.3 Å². The van der Waals surface area contributed by atoms with Crippen LogP contribution in [0, 0.1) is 0 Å². The predicted octanol–water partition coefficient (Wildman–Crippen LogP) is 2.57. The zero-order valence-electron chi connectivity index (χ0n) is 14.7. The van der Waals surface area contributed by atoms with E-state index in [2.05, 4.69) is 15.4 Å². The molecular formula is C19H19N5O2S. The van der Waals surface area contributed by atoms with Gasteiger partial charge in [0.1, 0.15) is 5.65 Å². The molecule has 0 radical (unpaired) electrons. The largest absolute Gasteiger partial charge is 0.391 e. The summed E-state index contributed by atoms with van der Waals surface area (Å²) in [7, 11) is 0. The number of thiophene rings is 1. The second kappa shape index (κ2) is 7.34. The Morgan fingerprint density at radius 1 is 1.33 bits per heavy atom. The van der Waals surface area contributed by atoms with Crippen LogP contribution in [0.5, 0.6) is 0 Å². The number of hydrogen-bond donors (Lipinski definition) is 2. The van der Waals surface area contributed by atoms with Crippen molar-refractivity contribution in [2.75, 3.05) is 0 Å². The number of carbonyl (C=O) groups excluding carboxylic acids is 1. The highest BCUT2D eigenvalue weighted by atomic mass is 32.1. The average molecular weight is 381 g/mol. The van der Waals surface area contributed by atoms with Gasteiger partial charge in [-0.1, -0.05) is 0 Å². The van der Waals surface area contributed by atoms with Crippen LogP contribution in [0.2, 0.25) is 0 Å².